The van der Waals surface area contributed by atoms with Gasteiger partial charge in [0.05, 0.1) is 6.20 Å². The van der Waals surface area contributed by atoms with Crippen molar-refractivity contribution in [2.75, 3.05) is 18.4 Å². The fourth-order valence-electron chi connectivity index (χ4n) is 3.53. The maximum atomic E-state index is 11.8. The van der Waals surface area contributed by atoms with Gasteiger partial charge in [0.15, 0.2) is 5.82 Å². The number of carbonyl (C=O) groups excluding carboxylic acids is 1. The molecule has 4 rings (SSSR count). The number of imidazole rings is 1. The third kappa shape index (κ3) is 3.24. The zero-order valence-electron chi connectivity index (χ0n) is 14.8. The van der Waals surface area contributed by atoms with E-state index >= 15 is 0 Å². The summed E-state index contributed by atoms with van der Waals surface area (Å²) < 4.78 is 1.97. The molecule has 1 atom stereocenters. The number of aromatic nitrogens is 4. The van der Waals surface area contributed by atoms with Gasteiger partial charge in [0.1, 0.15) is 17.2 Å². The van der Waals surface area contributed by atoms with Crippen molar-refractivity contribution in [1.29, 1.82) is 0 Å². The average Bonchev–Trinajstić information content (AvgIpc) is 3.11. The molecule has 0 saturated carbocycles. The van der Waals surface area contributed by atoms with E-state index in [-0.39, 0.29) is 11.9 Å². The van der Waals surface area contributed by atoms with Gasteiger partial charge in [-0.3, -0.25) is 9.20 Å². The van der Waals surface area contributed by atoms with Crippen LogP contribution in [0.4, 0.5) is 5.82 Å². The van der Waals surface area contributed by atoms with E-state index in [1.165, 1.54) is 0 Å². The summed E-state index contributed by atoms with van der Waals surface area (Å²) in [6.07, 6.45) is 8.75. The Balaban J connectivity index is 1.52. The standard InChI is InChI=1S/C19H22N6O/c1-14(26)24-10-4-2-6-15(24)12-21-17-8-9-20-19(23-17)16-13-22-18-7-3-5-11-25(16)18/h3,5,7-9,11,13,15H,2,4,6,10,12H2,1H3,(H,20,21,23). The molecule has 0 bridgehead atoms. The zero-order chi connectivity index (χ0) is 17.9. The lowest BCUT2D eigenvalue weighted by Crippen LogP contribution is -2.46. The number of anilines is 1. The summed E-state index contributed by atoms with van der Waals surface area (Å²) in [5, 5.41) is 3.37. The van der Waals surface area contributed by atoms with Crippen LogP contribution < -0.4 is 5.32 Å². The van der Waals surface area contributed by atoms with E-state index in [2.05, 4.69) is 20.3 Å². The number of fused-ring (bicyclic) bond motifs is 1. The Hall–Kier alpha value is -2.96. The molecular weight excluding hydrogens is 328 g/mol. The van der Waals surface area contributed by atoms with Crippen LogP contribution in [0.1, 0.15) is 26.2 Å². The molecule has 1 unspecified atom stereocenters. The summed E-state index contributed by atoms with van der Waals surface area (Å²) in [6, 6.07) is 7.93. The van der Waals surface area contributed by atoms with E-state index in [0.29, 0.717) is 12.4 Å². The van der Waals surface area contributed by atoms with Crippen LogP contribution in [0.2, 0.25) is 0 Å². The normalized spacial score (nSPS) is 17.4. The van der Waals surface area contributed by atoms with Crippen molar-refractivity contribution in [3.05, 3.63) is 42.9 Å². The molecule has 7 nitrogen and oxygen atoms in total. The molecule has 1 aliphatic heterocycles. The van der Waals surface area contributed by atoms with Gasteiger partial charge in [0, 0.05) is 38.4 Å². The van der Waals surface area contributed by atoms with E-state index in [1.54, 1.807) is 19.3 Å². The Morgan fingerprint density at radius 2 is 2.19 bits per heavy atom. The summed E-state index contributed by atoms with van der Waals surface area (Å²) in [5.41, 5.74) is 1.72. The first kappa shape index (κ1) is 16.5. The Bertz CT molecular complexity index is 921. The molecule has 0 radical (unpaired) electrons. The van der Waals surface area contributed by atoms with Gasteiger partial charge in [-0.25, -0.2) is 15.0 Å². The lowest BCUT2D eigenvalue weighted by molar-refractivity contribution is -0.132. The van der Waals surface area contributed by atoms with Gasteiger partial charge >= 0.3 is 0 Å². The third-order valence-electron chi connectivity index (χ3n) is 4.85. The number of hydrogen-bond acceptors (Lipinski definition) is 5. The van der Waals surface area contributed by atoms with Crippen LogP contribution in [0.3, 0.4) is 0 Å². The first-order valence-electron chi connectivity index (χ1n) is 8.99. The second-order valence-electron chi connectivity index (χ2n) is 6.58. The van der Waals surface area contributed by atoms with Crippen molar-refractivity contribution in [2.45, 2.75) is 32.2 Å². The molecule has 3 aromatic rings. The van der Waals surface area contributed by atoms with E-state index < -0.39 is 0 Å². The van der Waals surface area contributed by atoms with Crippen molar-refractivity contribution in [3.8, 4) is 11.5 Å². The molecule has 7 heteroatoms. The first-order valence-corrected chi connectivity index (χ1v) is 8.99. The molecular formula is C19H22N6O. The van der Waals surface area contributed by atoms with Crippen LogP contribution in [0.25, 0.3) is 17.2 Å². The maximum absolute atomic E-state index is 11.8. The van der Waals surface area contributed by atoms with Gasteiger partial charge in [-0.2, -0.15) is 0 Å². The zero-order valence-corrected chi connectivity index (χ0v) is 14.8. The quantitative estimate of drug-likeness (QED) is 0.783. The second-order valence-corrected chi connectivity index (χ2v) is 6.58. The summed E-state index contributed by atoms with van der Waals surface area (Å²) in [4.78, 5) is 27.2. The van der Waals surface area contributed by atoms with Crippen molar-refractivity contribution in [2.24, 2.45) is 0 Å². The van der Waals surface area contributed by atoms with Crippen molar-refractivity contribution < 1.29 is 4.79 Å². The number of nitrogens with zero attached hydrogens (tertiary/aromatic N) is 5. The Morgan fingerprint density at radius 1 is 1.27 bits per heavy atom. The van der Waals surface area contributed by atoms with Gasteiger partial charge in [-0.15, -0.1) is 0 Å². The van der Waals surface area contributed by atoms with Crippen LogP contribution in [0.15, 0.2) is 42.9 Å². The fraction of sp³-hybridized carbons (Fsp3) is 0.368. The smallest absolute Gasteiger partial charge is 0.219 e. The number of piperidine rings is 1. The highest BCUT2D eigenvalue weighted by atomic mass is 16.2. The number of carbonyl (C=O) groups is 1. The lowest BCUT2D eigenvalue weighted by Gasteiger charge is -2.35. The molecule has 1 aliphatic rings. The third-order valence-corrected chi connectivity index (χ3v) is 4.85. The minimum absolute atomic E-state index is 0.144. The predicted octanol–water partition coefficient (Wildman–Crippen LogP) is 2.60. The molecule has 0 spiro atoms. The highest BCUT2D eigenvalue weighted by molar-refractivity contribution is 5.73. The largest absolute Gasteiger partial charge is 0.368 e. The van der Waals surface area contributed by atoms with E-state index in [9.17, 15) is 4.79 Å². The molecule has 4 heterocycles. The minimum atomic E-state index is 0.144. The van der Waals surface area contributed by atoms with Crippen molar-refractivity contribution >= 4 is 17.4 Å². The monoisotopic (exact) mass is 350 g/mol. The number of likely N-dealkylation sites (tertiary alicyclic amines) is 1. The van der Waals surface area contributed by atoms with E-state index in [1.807, 2.05) is 39.8 Å². The average molecular weight is 350 g/mol. The first-order chi connectivity index (χ1) is 12.7. The van der Waals surface area contributed by atoms with E-state index in [4.69, 9.17) is 0 Å². The topological polar surface area (TPSA) is 75.4 Å². The number of amides is 1. The summed E-state index contributed by atoms with van der Waals surface area (Å²) in [7, 11) is 0. The molecule has 1 fully saturated rings. The van der Waals surface area contributed by atoms with Crippen LogP contribution in [0, 0.1) is 0 Å². The number of hydrogen-bond donors (Lipinski definition) is 1. The SMILES string of the molecule is CC(=O)N1CCCCC1CNc1ccnc(-c2cnc3ccccn23)n1. The molecule has 134 valence electrons. The second kappa shape index (κ2) is 7.11. The summed E-state index contributed by atoms with van der Waals surface area (Å²) >= 11 is 0. The lowest BCUT2D eigenvalue weighted by atomic mass is 10.0. The van der Waals surface area contributed by atoms with Crippen LogP contribution in [-0.2, 0) is 4.79 Å². The number of pyridine rings is 1. The molecule has 26 heavy (non-hydrogen) atoms. The van der Waals surface area contributed by atoms with Gasteiger partial charge in [-0.1, -0.05) is 6.07 Å². The van der Waals surface area contributed by atoms with Gasteiger partial charge in [0.2, 0.25) is 5.91 Å². The predicted molar refractivity (Wildman–Crippen MR) is 99.7 cm³/mol. The van der Waals surface area contributed by atoms with Gasteiger partial charge in [-0.05, 0) is 37.5 Å². The molecule has 0 aromatic carbocycles. The van der Waals surface area contributed by atoms with Gasteiger partial charge in [0.25, 0.3) is 0 Å². The highest BCUT2D eigenvalue weighted by Crippen LogP contribution is 2.20. The van der Waals surface area contributed by atoms with Crippen molar-refractivity contribution in [1.82, 2.24) is 24.3 Å². The number of rotatable bonds is 4. The number of nitrogens with one attached hydrogen (secondary N) is 1. The Kier molecular flexibility index (Phi) is 4.51. The van der Waals surface area contributed by atoms with Crippen LogP contribution in [-0.4, -0.2) is 49.3 Å². The van der Waals surface area contributed by atoms with Crippen LogP contribution >= 0.6 is 0 Å². The minimum Gasteiger partial charge on any atom is -0.368 e. The molecule has 1 saturated heterocycles. The van der Waals surface area contributed by atoms with E-state index in [0.717, 1.165) is 43.0 Å². The molecule has 1 amide bonds. The maximum Gasteiger partial charge on any atom is 0.219 e. The summed E-state index contributed by atoms with van der Waals surface area (Å²) in [5.74, 6) is 1.53. The molecule has 3 aromatic heterocycles. The molecule has 1 N–H and O–H groups in total. The fourth-order valence-corrected chi connectivity index (χ4v) is 3.53. The Morgan fingerprint density at radius 3 is 3.08 bits per heavy atom. The summed E-state index contributed by atoms with van der Waals surface area (Å²) in [6.45, 7) is 3.19. The molecule has 0 aliphatic carbocycles. The van der Waals surface area contributed by atoms with Gasteiger partial charge < -0.3 is 10.2 Å². The highest BCUT2D eigenvalue weighted by Gasteiger charge is 2.24. The Labute approximate surface area is 152 Å². The van der Waals surface area contributed by atoms with Crippen molar-refractivity contribution in [3.63, 3.8) is 0 Å². The van der Waals surface area contributed by atoms with Crippen LogP contribution in [0.5, 0.6) is 0 Å².